The lowest BCUT2D eigenvalue weighted by Gasteiger charge is -2.21. The average Bonchev–Trinajstić information content (AvgIpc) is 2.42. The third-order valence-corrected chi connectivity index (χ3v) is 3.22. The fourth-order valence-electron chi connectivity index (χ4n) is 2.22. The summed E-state index contributed by atoms with van der Waals surface area (Å²) in [5.74, 6) is 3.67. The predicted octanol–water partition coefficient (Wildman–Crippen LogP) is 3.85. The molecule has 1 unspecified atom stereocenters. The second-order valence-electron chi connectivity index (χ2n) is 4.85. The summed E-state index contributed by atoms with van der Waals surface area (Å²) in [6.07, 6.45) is 9.38. The number of ether oxygens (including phenoxy) is 1. The van der Waals surface area contributed by atoms with Gasteiger partial charge in [0.25, 0.3) is 0 Å². The summed E-state index contributed by atoms with van der Waals surface area (Å²) in [6, 6.07) is 6.66. The quantitative estimate of drug-likeness (QED) is 0.565. The van der Waals surface area contributed by atoms with Gasteiger partial charge in [0.15, 0.2) is 0 Å². The molecule has 0 amide bonds. The highest BCUT2D eigenvalue weighted by atomic mass is 16.5. The highest BCUT2D eigenvalue weighted by molar-refractivity contribution is 5.39. The Labute approximate surface area is 117 Å². The molecule has 1 atom stereocenters. The van der Waals surface area contributed by atoms with E-state index >= 15 is 0 Å². The van der Waals surface area contributed by atoms with Crippen LogP contribution in [0.4, 0.5) is 0 Å². The van der Waals surface area contributed by atoms with Gasteiger partial charge < -0.3 is 10.1 Å². The van der Waals surface area contributed by atoms with E-state index in [4.69, 9.17) is 11.2 Å². The number of aryl methyl sites for hydroxylation is 1. The lowest BCUT2D eigenvalue weighted by atomic mass is 9.98. The van der Waals surface area contributed by atoms with E-state index in [0.29, 0.717) is 6.04 Å². The summed E-state index contributed by atoms with van der Waals surface area (Å²) < 4.78 is 5.49. The van der Waals surface area contributed by atoms with Crippen molar-refractivity contribution < 1.29 is 4.74 Å². The highest BCUT2D eigenvalue weighted by Gasteiger charge is 2.15. The van der Waals surface area contributed by atoms with E-state index in [1.165, 1.54) is 11.1 Å². The van der Waals surface area contributed by atoms with Gasteiger partial charge in [0.05, 0.1) is 7.11 Å². The maximum absolute atomic E-state index is 5.49. The SMILES string of the molecule is C#CCCCC(NCCC)c1cc(C)ccc1OC. The first-order valence-electron chi connectivity index (χ1n) is 7.04. The van der Waals surface area contributed by atoms with Crippen molar-refractivity contribution >= 4 is 0 Å². The van der Waals surface area contributed by atoms with Gasteiger partial charge in [0.1, 0.15) is 5.75 Å². The van der Waals surface area contributed by atoms with Crippen LogP contribution in [0.3, 0.4) is 0 Å². The minimum absolute atomic E-state index is 0.322. The van der Waals surface area contributed by atoms with E-state index in [2.05, 4.69) is 37.2 Å². The molecule has 0 spiro atoms. The van der Waals surface area contributed by atoms with E-state index in [-0.39, 0.29) is 0 Å². The van der Waals surface area contributed by atoms with E-state index in [1.54, 1.807) is 7.11 Å². The van der Waals surface area contributed by atoms with Gasteiger partial charge in [-0.25, -0.2) is 0 Å². The third kappa shape index (κ3) is 4.96. The van der Waals surface area contributed by atoms with Gasteiger partial charge >= 0.3 is 0 Å². The van der Waals surface area contributed by atoms with E-state index in [9.17, 15) is 0 Å². The number of nitrogens with one attached hydrogen (secondary N) is 1. The van der Waals surface area contributed by atoms with Gasteiger partial charge in [-0.1, -0.05) is 24.6 Å². The van der Waals surface area contributed by atoms with Crippen LogP contribution in [0.1, 0.15) is 49.8 Å². The lowest BCUT2D eigenvalue weighted by Crippen LogP contribution is -2.22. The smallest absolute Gasteiger partial charge is 0.123 e. The van der Waals surface area contributed by atoms with Crippen molar-refractivity contribution in [3.63, 3.8) is 0 Å². The summed E-state index contributed by atoms with van der Waals surface area (Å²) >= 11 is 0. The molecule has 1 aromatic rings. The van der Waals surface area contributed by atoms with Crippen LogP contribution < -0.4 is 10.1 Å². The second-order valence-corrected chi connectivity index (χ2v) is 4.85. The summed E-state index contributed by atoms with van der Waals surface area (Å²) in [6.45, 7) is 5.30. The van der Waals surface area contributed by atoms with Crippen LogP contribution in [-0.2, 0) is 0 Å². The van der Waals surface area contributed by atoms with Crippen LogP contribution in [0, 0.1) is 19.3 Å². The van der Waals surface area contributed by atoms with Crippen molar-refractivity contribution in [2.45, 2.75) is 45.6 Å². The molecule has 104 valence electrons. The molecule has 0 aliphatic carbocycles. The molecule has 0 saturated heterocycles. The van der Waals surface area contributed by atoms with E-state index < -0.39 is 0 Å². The standard InChI is InChI=1S/C17H25NO/c1-5-7-8-9-16(18-12-6-2)15-13-14(3)10-11-17(15)19-4/h1,10-11,13,16,18H,6-9,12H2,2-4H3. The Kier molecular flexibility index (Phi) is 7.07. The summed E-state index contributed by atoms with van der Waals surface area (Å²) in [4.78, 5) is 0. The monoisotopic (exact) mass is 259 g/mol. The van der Waals surface area contributed by atoms with Crippen molar-refractivity contribution in [2.24, 2.45) is 0 Å². The fourth-order valence-corrected chi connectivity index (χ4v) is 2.22. The Morgan fingerprint density at radius 1 is 1.42 bits per heavy atom. The van der Waals surface area contributed by atoms with Gasteiger partial charge in [0, 0.05) is 18.0 Å². The molecule has 2 nitrogen and oxygen atoms in total. The molecule has 0 bridgehead atoms. The fraction of sp³-hybridized carbons (Fsp3) is 0.529. The number of methoxy groups -OCH3 is 1. The average molecular weight is 259 g/mol. The van der Waals surface area contributed by atoms with Crippen molar-refractivity contribution in [3.8, 4) is 18.1 Å². The number of unbranched alkanes of at least 4 members (excludes halogenated alkanes) is 1. The number of terminal acetylenes is 1. The normalized spacial score (nSPS) is 11.9. The minimum Gasteiger partial charge on any atom is -0.496 e. The zero-order valence-electron chi connectivity index (χ0n) is 12.3. The van der Waals surface area contributed by atoms with Crippen molar-refractivity contribution in [3.05, 3.63) is 29.3 Å². The molecule has 19 heavy (non-hydrogen) atoms. The number of hydrogen-bond acceptors (Lipinski definition) is 2. The molecule has 1 rings (SSSR count). The molecule has 1 aromatic carbocycles. The molecule has 2 heteroatoms. The maximum atomic E-state index is 5.49. The molecule has 0 fully saturated rings. The molecular weight excluding hydrogens is 234 g/mol. The first-order chi connectivity index (χ1) is 9.22. The van der Waals surface area contributed by atoms with Gasteiger partial charge in [0.2, 0.25) is 0 Å². The molecule has 1 N–H and O–H groups in total. The molecule has 0 aromatic heterocycles. The summed E-state index contributed by atoms with van der Waals surface area (Å²) in [5.41, 5.74) is 2.50. The number of benzene rings is 1. The molecular formula is C17H25NO. The maximum Gasteiger partial charge on any atom is 0.123 e. The lowest BCUT2D eigenvalue weighted by molar-refractivity contribution is 0.393. The Morgan fingerprint density at radius 2 is 2.21 bits per heavy atom. The van der Waals surface area contributed by atoms with E-state index in [0.717, 1.165) is 38.0 Å². The Morgan fingerprint density at radius 3 is 2.84 bits per heavy atom. The highest BCUT2D eigenvalue weighted by Crippen LogP contribution is 2.29. The Bertz CT molecular complexity index is 420. The molecule has 0 heterocycles. The van der Waals surface area contributed by atoms with Gasteiger partial charge in [-0.3, -0.25) is 0 Å². The first-order valence-corrected chi connectivity index (χ1v) is 7.04. The molecule has 0 radical (unpaired) electrons. The largest absolute Gasteiger partial charge is 0.496 e. The minimum atomic E-state index is 0.322. The first kappa shape index (κ1) is 15.6. The van der Waals surface area contributed by atoms with E-state index in [1.807, 2.05) is 6.07 Å². The zero-order valence-corrected chi connectivity index (χ0v) is 12.3. The summed E-state index contributed by atoms with van der Waals surface area (Å²) in [7, 11) is 1.73. The van der Waals surface area contributed by atoms with Crippen molar-refractivity contribution in [1.82, 2.24) is 5.32 Å². The van der Waals surface area contributed by atoms with Crippen LogP contribution >= 0.6 is 0 Å². The molecule has 0 saturated carbocycles. The Hall–Kier alpha value is -1.46. The number of hydrogen-bond donors (Lipinski definition) is 1. The third-order valence-electron chi connectivity index (χ3n) is 3.22. The molecule has 0 aliphatic heterocycles. The van der Waals surface area contributed by atoms with Crippen LogP contribution in [-0.4, -0.2) is 13.7 Å². The van der Waals surface area contributed by atoms with Gasteiger partial charge in [-0.05, 0) is 38.8 Å². The number of rotatable bonds is 8. The summed E-state index contributed by atoms with van der Waals surface area (Å²) in [5, 5.41) is 3.60. The zero-order chi connectivity index (χ0) is 14.1. The topological polar surface area (TPSA) is 21.3 Å². The van der Waals surface area contributed by atoms with Gasteiger partial charge in [-0.15, -0.1) is 12.3 Å². The van der Waals surface area contributed by atoms with Crippen LogP contribution in [0.15, 0.2) is 18.2 Å². The second kappa shape index (κ2) is 8.61. The van der Waals surface area contributed by atoms with Gasteiger partial charge in [-0.2, -0.15) is 0 Å². The van der Waals surface area contributed by atoms with Crippen molar-refractivity contribution in [1.29, 1.82) is 0 Å². The molecule has 0 aliphatic rings. The van der Waals surface area contributed by atoms with Crippen LogP contribution in [0.25, 0.3) is 0 Å². The van der Waals surface area contributed by atoms with Crippen LogP contribution in [0.5, 0.6) is 5.75 Å². The van der Waals surface area contributed by atoms with Crippen molar-refractivity contribution in [2.75, 3.05) is 13.7 Å². The Balaban J connectivity index is 2.88. The van der Waals surface area contributed by atoms with Crippen LogP contribution in [0.2, 0.25) is 0 Å². The predicted molar refractivity (Wildman–Crippen MR) is 81.4 cm³/mol.